The van der Waals surface area contributed by atoms with Crippen molar-refractivity contribution < 1.29 is 28.5 Å². The minimum atomic E-state index is -0.174. The number of carbonyl (C=O) groups is 1. The molecule has 6 heteroatoms. The van der Waals surface area contributed by atoms with E-state index in [2.05, 4.69) is 26.5 Å². The van der Waals surface area contributed by atoms with E-state index in [0.717, 1.165) is 28.7 Å². The van der Waals surface area contributed by atoms with Crippen molar-refractivity contribution in [1.82, 2.24) is 0 Å². The van der Waals surface area contributed by atoms with Crippen molar-refractivity contribution in [3.63, 3.8) is 0 Å². The van der Waals surface area contributed by atoms with Crippen molar-refractivity contribution in [2.24, 2.45) is 5.92 Å². The maximum Gasteiger partial charge on any atom is 0.189 e. The molecule has 0 fully saturated rings. The van der Waals surface area contributed by atoms with E-state index in [1.165, 1.54) is 5.57 Å². The van der Waals surface area contributed by atoms with Gasteiger partial charge in [-0.1, -0.05) is 42.0 Å². The van der Waals surface area contributed by atoms with Crippen LogP contribution in [0.4, 0.5) is 0 Å². The van der Waals surface area contributed by atoms with E-state index in [4.69, 9.17) is 23.7 Å². The predicted molar refractivity (Wildman–Crippen MR) is 149 cm³/mol. The number of hydrogen-bond acceptors (Lipinski definition) is 6. The van der Waals surface area contributed by atoms with Gasteiger partial charge in [-0.2, -0.15) is 0 Å². The summed E-state index contributed by atoms with van der Waals surface area (Å²) in [5.74, 6) is 1.73. The molecule has 0 aliphatic heterocycles. The molecule has 2 aromatic carbocycles. The lowest BCUT2D eigenvalue weighted by Gasteiger charge is -2.23. The highest BCUT2D eigenvalue weighted by Gasteiger charge is 2.23. The molecule has 6 nitrogen and oxygen atoms in total. The molecule has 0 spiro atoms. The van der Waals surface area contributed by atoms with Crippen LogP contribution in [0.15, 0.2) is 60.2 Å². The molecule has 0 saturated carbocycles. The molecule has 200 valence electrons. The summed E-state index contributed by atoms with van der Waals surface area (Å²) in [6.45, 7) is 12.6. The van der Waals surface area contributed by atoms with E-state index in [-0.39, 0.29) is 25.3 Å². The number of carbonyl (C=O) groups excluding carboxylic acids is 1. The Morgan fingerprint density at radius 2 is 1.62 bits per heavy atom. The van der Waals surface area contributed by atoms with Crippen molar-refractivity contribution in [2.75, 3.05) is 34.9 Å². The lowest BCUT2D eigenvalue weighted by molar-refractivity contribution is 0.0501. The van der Waals surface area contributed by atoms with Gasteiger partial charge in [0, 0.05) is 25.8 Å². The molecular formula is C31H40O6. The maximum absolute atomic E-state index is 13.5. The van der Waals surface area contributed by atoms with E-state index >= 15 is 0 Å². The van der Waals surface area contributed by atoms with Gasteiger partial charge in [-0.05, 0) is 75.8 Å². The highest BCUT2D eigenvalue weighted by molar-refractivity contribution is 6.10. The highest BCUT2D eigenvalue weighted by atomic mass is 16.7. The first kappa shape index (κ1) is 29.9. The molecular weight excluding hydrogens is 468 g/mol. The smallest absolute Gasteiger partial charge is 0.189 e. The second-order valence-corrected chi connectivity index (χ2v) is 9.16. The van der Waals surface area contributed by atoms with E-state index in [9.17, 15) is 4.79 Å². The van der Waals surface area contributed by atoms with E-state index in [0.29, 0.717) is 29.2 Å². The monoisotopic (exact) mass is 508 g/mol. The van der Waals surface area contributed by atoms with Crippen LogP contribution in [-0.4, -0.2) is 40.7 Å². The van der Waals surface area contributed by atoms with Gasteiger partial charge in [-0.15, -0.1) is 0 Å². The van der Waals surface area contributed by atoms with Crippen LogP contribution in [0.3, 0.4) is 0 Å². The van der Waals surface area contributed by atoms with Crippen LogP contribution in [-0.2, 0) is 15.9 Å². The Bertz CT molecular complexity index is 1120. The van der Waals surface area contributed by atoms with Gasteiger partial charge in [0.05, 0.1) is 12.7 Å². The fraction of sp³-hybridized carbons (Fsp3) is 0.387. The summed E-state index contributed by atoms with van der Waals surface area (Å²) in [5, 5.41) is 0. The standard InChI is InChI=1S/C31H40O6/c1-21(2)13-14-25(22(3)4)17-26-23(5)31(30(35-8)18-29(26)37-20-34-7)27(32)16-15-24-11-9-10-12-28(24)36-19-33-6/h9-13,15-16,18,25H,3,14,17,19-20H2,1-2,4-8H3/b16-15+. The Morgan fingerprint density at radius 1 is 0.973 bits per heavy atom. The molecule has 0 bridgehead atoms. The lowest BCUT2D eigenvalue weighted by Crippen LogP contribution is -2.13. The van der Waals surface area contributed by atoms with Crippen LogP contribution >= 0.6 is 0 Å². The van der Waals surface area contributed by atoms with Crippen LogP contribution in [0, 0.1) is 12.8 Å². The minimum Gasteiger partial charge on any atom is -0.496 e. The fourth-order valence-electron chi connectivity index (χ4n) is 3.97. The average molecular weight is 509 g/mol. The third kappa shape index (κ3) is 8.62. The first-order valence-corrected chi connectivity index (χ1v) is 12.3. The summed E-state index contributed by atoms with van der Waals surface area (Å²) in [7, 11) is 4.69. The zero-order valence-electron chi connectivity index (χ0n) is 23.2. The number of rotatable bonds is 15. The zero-order valence-corrected chi connectivity index (χ0v) is 23.2. The first-order chi connectivity index (χ1) is 17.7. The molecule has 0 amide bonds. The molecule has 0 heterocycles. The minimum absolute atomic E-state index is 0.0900. The quantitative estimate of drug-likeness (QED) is 0.112. The highest BCUT2D eigenvalue weighted by Crippen LogP contribution is 2.37. The molecule has 0 radical (unpaired) electrons. The third-order valence-corrected chi connectivity index (χ3v) is 6.06. The van der Waals surface area contributed by atoms with Gasteiger partial charge in [-0.3, -0.25) is 4.79 Å². The fourth-order valence-corrected chi connectivity index (χ4v) is 3.97. The normalized spacial score (nSPS) is 11.8. The predicted octanol–water partition coefficient (Wildman–Crippen LogP) is 6.96. The summed E-state index contributed by atoms with van der Waals surface area (Å²) in [6.07, 6.45) is 7.03. The Hall–Kier alpha value is -3.35. The molecule has 2 aromatic rings. The average Bonchev–Trinajstić information content (AvgIpc) is 2.87. The summed E-state index contributed by atoms with van der Waals surface area (Å²) >= 11 is 0. The molecule has 0 N–H and O–H groups in total. The summed E-state index contributed by atoms with van der Waals surface area (Å²) in [5.41, 5.74) is 5.35. The van der Waals surface area contributed by atoms with Gasteiger partial charge in [0.2, 0.25) is 0 Å². The molecule has 0 aliphatic rings. The van der Waals surface area contributed by atoms with E-state index in [1.54, 1.807) is 39.5 Å². The Morgan fingerprint density at radius 3 is 2.22 bits per heavy atom. The lowest BCUT2D eigenvalue weighted by atomic mass is 9.86. The molecule has 0 saturated heterocycles. The van der Waals surface area contributed by atoms with Gasteiger partial charge in [-0.25, -0.2) is 0 Å². The van der Waals surface area contributed by atoms with E-state index < -0.39 is 0 Å². The largest absolute Gasteiger partial charge is 0.496 e. The number of ketones is 1. The number of allylic oxidation sites excluding steroid dienone is 4. The Balaban J connectivity index is 2.53. The van der Waals surface area contributed by atoms with Crippen LogP contribution in [0.25, 0.3) is 6.08 Å². The Kier molecular flexibility index (Phi) is 12.1. The zero-order chi connectivity index (χ0) is 27.4. The van der Waals surface area contributed by atoms with Crippen LogP contribution < -0.4 is 14.2 Å². The number of benzene rings is 2. The van der Waals surface area contributed by atoms with Gasteiger partial charge >= 0.3 is 0 Å². The van der Waals surface area contributed by atoms with Crippen molar-refractivity contribution >= 4 is 11.9 Å². The SMILES string of the molecule is C=C(C)C(CC=C(C)C)Cc1c(OCOC)cc(OC)c(C(=O)/C=C/c2ccccc2OCOC)c1C. The topological polar surface area (TPSA) is 63.2 Å². The second kappa shape index (κ2) is 15.0. The van der Waals surface area contributed by atoms with Gasteiger partial charge in [0.15, 0.2) is 19.4 Å². The van der Waals surface area contributed by atoms with Gasteiger partial charge in [0.25, 0.3) is 0 Å². The van der Waals surface area contributed by atoms with Crippen molar-refractivity contribution in [2.45, 2.75) is 40.5 Å². The van der Waals surface area contributed by atoms with Gasteiger partial charge < -0.3 is 23.7 Å². The van der Waals surface area contributed by atoms with E-state index in [1.807, 2.05) is 38.1 Å². The van der Waals surface area contributed by atoms with Crippen LogP contribution in [0.1, 0.15) is 54.2 Å². The summed E-state index contributed by atoms with van der Waals surface area (Å²) < 4.78 is 27.4. The van der Waals surface area contributed by atoms with Crippen molar-refractivity contribution in [3.05, 3.63) is 82.5 Å². The molecule has 1 unspecified atom stereocenters. The second-order valence-electron chi connectivity index (χ2n) is 9.16. The molecule has 0 aromatic heterocycles. The number of ether oxygens (including phenoxy) is 5. The molecule has 0 aliphatic carbocycles. The maximum atomic E-state index is 13.5. The molecule has 37 heavy (non-hydrogen) atoms. The summed E-state index contributed by atoms with van der Waals surface area (Å²) in [4.78, 5) is 13.5. The summed E-state index contributed by atoms with van der Waals surface area (Å²) in [6, 6.07) is 9.25. The molecule has 2 rings (SSSR count). The van der Waals surface area contributed by atoms with Crippen molar-refractivity contribution in [3.8, 4) is 17.2 Å². The Labute approximate surface area is 221 Å². The van der Waals surface area contributed by atoms with Crippen LogP contribution in [0.5, 0.6) is 17.2 Å². The molecule has 1 atom stereocenters. The van der Waals surface area contributed by atoms with Crippen molar-refractivity contribution in [1.29, 1.82) is 0 Å². The number of hydrogen-bond donors (Lipinski definition) is 0. The third-order valence-electron chi connectivity index (χ3n) is 6.06. The van der Waals surface area contributed by atoms with Crippen LogP contribution in [0.2, 0.25) is 0 Å². The number of para-hydroxylation sites is 1. The van der Waals surface area contributed by atoms with Gasteiger partial charge in [0.1, 0.15) is 17.2 Å². The first-order valence-electron chi connectivity index (χ1n) is 12.3. The number of methoxy groups -OCH3 is 3.